The lowest BCUT2D eigenvalue weighted by molar-refractivity contribution is -0.117. The first-order valence-electron chi connectivity index (χ1n) is 4.73. The molecule has 0 spiro atoms. The Balaban J connectivity index is 2.60. The molecule has 0 saturated heterocycles. The van der Waals surface area contributed by atoms with Crippen LogP contribution in [0.25, 0.3) is 0 Å². The maximum atomic E-state index is 11.5. The summed E-state index contributed by atoms with van der Waals surface area (Å²) in [4.78, 5) is 11.5. The van der Waals surface area contributed by atoms with Gasteiger partial charge in [0.15, 0.2) is 5.75 Å². The van der Waals surface area contributed by atoms with Crippen LogP contribution in [0.1, 0.15) is 13.3 Å². The van der Waals surface area contributed by atoms with E-state index in [1.54, 1.807) is 6.92 Å². The molecule has 16 heavy (non-hydrogen) atoms. The minimum Gasteiger partial charge on any atom is -0.486 e. The molecule has 0 aliphatic carbocycles. The lowest BCUT2D eigenvalue weighted by Gasteiger charge is -2.15. The van der Waals surface area contributed by atoms with Crippen LogP contribution in [-0.4, -0.2) is 12.0 Å². The van der Waals surface area contributed by atoms with E-state index in [0.717, 1.165) is 0 Å². The maximum Gasteiger partial charge on any atom is 0.228 e. The summed E-state index contributed by atoms with van der Waals surface area (Å²) in [6.07, 6.45) is -0.0158. The molecule has 1 unspecified atom stereocenters. The number of nitrogens with one attached hydrogen (secondary N) is 1. The van der Waals surface area contributed by atoms with Gasteiger partial charge in [0.05, 0.1) is 17.1 Å². The van der Waals surface area contributed by atoms with Gasteiger partial charge in [-0.15, -0.1) is 0 Å². The van der Waals surface area contributed by atoms with E-state index < -0.39 is 0 Å². The second-order valence-electron chi connectivity index (χ2n) is 3.65. The van der Waals surface area contributed by atoms with Gasteiger partial charge in [0.25, 0.3) is 0 Å². The van der Waals surface area contributed by atoms with Gasteiger partial charge in [-0.2, -0.15) is 0 Å². The fraction of sp³-hybridized carbons (Fsp3) is 0.300. The summed E-state index contributed by atoms with van der Waals surface area (Å²) in [5, 5.41) is 3.24. The van der Waals surface area contributed by atoms with Crippen molar-refractivity contribution in [2.45, 2.75) is 19.4 Å². The fourth-order valence-corrected chi connectivity index (χ4v) is 1.99. The van der Waals surface area contributed by atoms with Gasteiger partial charge >= 0.3 is 0 Å². The van der Waals surface area contributed by atoms with Crippen LogP contribution in [0.3, 0.4) is 0 Å². The summed E-state index contributed by atoms with van der Waals surface area (Å²) in [5.41, 5.74) is 6.38. The molecule has 1 aliphatic heterocycles. The van der Waals surface area contributed by atoms with Crippen LogP contribution < -0.4 is 15.8 Å². The van der Waals surface area contributed by atoms with Crippen LogP contribution in [-0.2, 0) is 4.79 Å². The molecule has 1 atom stereocenters. The number of nitrogens with two attached hydrogens (primary N) is 1. The average molecular weight is 261 g/mol. The van der Waals surface area contributed by atoms with E-state index in [1.807, 2.05) is 0 Å². The Kier molecular flexibility index (Phi) is 2.86. The first kappa shape index (κ1) is 11.4. The van der Waals surface area contributed by atoms with Gasteiger partial charge in [-0.05, 0) is 13.0 Å². The number of fused-ring (bicyclic) bond motifs is 1. The monoisotopic (exact) mass is 260 g/mol. The Hall–Kier alpha value is -1.13. The van der Waals surface area contributed by atoms with Crippen molar-refractivity contribution in [3.8, 4) is 5.75 Å². The number of amides is 1. The smallest absolute Gasteiger partial charge is 0.228 e. The molecule has 0 bridgehead atoms. The number of ether oxygens (including phenoxy) is 1. The number of halogens is 2. The van der Waals surface area contributed by atoms with E-state index >= 15 is 0 Å². The van der Waals surface area contributed by atoms with Crippen LogP contribution in [0.5, 0.6) is 5.75 Å². The predicted molar refractivity (Wildman–Crippen MR) is 64.2 cm³/mol. The topological polar surface area (TPSA) is 64.4 Å². The molecule has 2 rings (SSSR count). The van der Waals surface area contributed by atoms with Crippen LogP contribution in [0.15, 0.2) is 6.07 Å². The van der Waals surface area contributed by atoms with E-state index in [0.29, 0.717) is 22.1 Å². The summed E-state index contributed by atoms with van der Waals surface area (Å²) in [6.45, 7) is 1.78. The Morgan fingerprint density at radius 1 is 1.56 bits per heavy atom. The first-order valence-corrected chi connectivity index (χ1v) is 5.48. The van der Waals surface area contributed by atoms with Crippen molar-refractivity contribution in [1.29, 1.82) is 0 Å². The number of rotatable bonds is 0. The van der Waals surface area contributed by atoms with Gasteiger partial charge in [-0.25, -0.2) is 0 Å². The van der Waals surface area contributed by atoms with Gasteiger partial charge < -0.3 is 15.8 Å². The zero-order valence-electron chi connectivity index (χ0n) is 8.51. The van der Waals surface area contributed by atoms with Crippen LogP contribution in [0.4, 0.5) is 11.4 Å². The predicted octanol–water partition coefficient (Wildman–Crippen LogP) is 2.69. The highest BCUT2D eigenvalue weighted by molar-refractivity contribution is 6.39. The zero-order chi connectivity index (χ0) is 11.9. The minimum absolute atomic E-state index is 0.158. The molecule has 1 amide bonds. The third-order valence-electron chi connectivity index (χ3n) is 2.26. The second kappa shape index (κ2) is 4.03. The van der Waals surface area contributed by atoms with E-state index in [9.17, 15) is 4.79 Å². The molecule has 6 heteroatoms. The van der Waals surface area contributed by atoms with Crippen molar-refractivity contribution in [2.75, 3.05) is 11.1 Å². The van der Waals surface area contributed by atoms with Crippen LogP contribution >= 0.6 is 23.2 Å². The Bertz CT molecular complexity index is 463. The fourth-order valence-electron chi connectivity index (χ4n) is 1.54. The maximum absolute atomic E-state index is 11.5. The highest BCUT2D eigenvalue weighted by Gasteiger charge is 2.24. The molecule has 0 radical (unpaired) electrons. The molecule has 0 fully saturated rings. The Labute approximate surface area is 103 Å². The molecule has 0 aromatic heterocycles. The van der Waals surface area contributed by atoms with Crippen LogP contribution in [0.2, 0.25) is 10.0 Å². The number of hydrogen-bond acceptors (Lipinski definition) is 3. The summed E-state index contributed by atoms with van der Waals surface area (Å²) < 4.78 is 5.54. The number of benzene rings is 1. The molecule has 1 aliphatic rings. The van der Waals surface area contributed by atoms with Crippen molar-refractivity contribution in [1.82, 2.24) is 0 Å². The van der Waals surface area contributed by atoms with E-state index in [-0.39, 0.29) is 23.5 Å². The Morgan fingerprint density at radius 2 is 2.25 bits per heavy atom. The number of hydrogen-bond donors (Lipinski definition) is 2. The highest BCUT2D eigenvalue weighted by Crippen LogP contribution is 2.44. The SMILES string of the molecule is CC1CC(=O)Nc2c(Cl)cc(N)c(Cl)c2O1. The molecular formula is C10H10Cl2N2O2. The Morgan fingerprint density at radius 3 is 2.94 bits per heavy atom. The number of carbonyl (C=O) groups is 1. The number of anilines is 2. The molecule has 1 aromatic carbocycles. The van der Waals surface area contributed by atoms with E-state index in [4.69, 9.17) is 33.7 Å². The third kappa shape index (κ3) is 1.90. The van der Waals surface area contributed by atoms with E-state index in [1.165, 1.54) is 6.07 Å². The van der Waals surface area contributed by atoms with Gasteiger partial charge in [-0.1, -0.05) is 23.2 Å². The second-order valence-corrected chi connectivity index (χ2v) is 4.43. The van der Waals surface area contributed by atoms with Crippen molar-refractivity contribution >= 4 is 40.5 Å². The molecular weight excluding hydrogens is 251 g/mol. The average Bonchev–Trinajstić information content (AvgIpc) is 2.33. The lowest BCUT2D eigenvalue weighted by atomic mass is 10.2. The van der Waals surface area contributed by atoms with Crippen molar-refractivity contribution < 1.29 is 9.53 Å². The normalized spacial score (nSPS) is 19.4. The van der Waals surface area contributed by atoms with Crippen molar-refractivity contribution in [3.63, 3.8) is 0 Å². The first-order chi connectivity index (χ1) is 7.49. The lowest BCUT2D eigenvalue weighted by Crippen LogP contribution is -2.17. The van der Waals surface area contributed by atoms with E-state index in [2.05, 4.69) is 5.32 Å². The largest absolute Gasteiger partial charge is 0.486 e. The standard InChI is InChI=1S/C10H10Cl2N2O2/c1-4-2-7(15)14-9-5(11)3-6(13)8(12)10(9)16-4/h3-4H,2,13H2,1H3,(H,14,15). The van der Waals surface area contributed by atoms with Gasteiger partial charge in [0, 0.05) is 0 Å². The molecule has 86 valence electrons. The quantitative estimate of drug-likeness (QED) is 0.705. The van der Waals surface area contributed by atoms with Gasteiger partial charge in [0.2, 0.25) is 5.91 Å². The molecule has 4 nitrogen and oxygen atoms in total. The summed E-state index contributed by atoms with van der Waals surface area (Å²) in [5.74, 6) is 0.180. The molecule has 1 aromatic rings. The summed E-state index contributed by atoms with van der Waals surface area (Å²) >= 11 is 12.0. The molecule has 0 saturated carbocycles. The summed E-state index contributed by atoms with van der Waals surface area (Å²) in [6, 6.07) is 1.49. The van der Waals surface area contributed by atoms with Crippen molar-refractivity contribution in [2.24, 2.45) is 0 Å². The number of nitrogen functional groups attached to an aromatic ring is 1. The number of carbonyl (C=O) groups excluding carboxylic acids is 1. The molecule has 1 heterocycles. The minimum atomic E-state index is -0.267. The van der Waals surface area contributed by atoms with Gasteiger partial charge in [-0.3, -0.25) is 4.79 Å². The zero-order valence-corrected chi connectivity index (χ0v) is 10.0. The van der Waals surface area contributed by atoms with Gasteiger partial charge in [0.1, 0.15) is 16.8 Å². The summed E-state index contributed by atoms with van der Waals surface area (Å²) in [7, 11) is 0. The highest BCUT2D eigenvalue weighted by atomic mass is 35.5. The van der Waals surface area contributed by atoms with Crippen molar-refractivity contribution in [3.05, 3.63) is 16.1 Å². The van der Waals surface area contributed by atoms with Crippen LogP contribution in [0, 0.1) is 0 Å². The molecule has 3 N–H and O–H groups in total. The third-order valence-corrected chi connectivity index (χ3v) is 2.95.